The van der Waals surface area contributed by atoms with Crippen LogP contribution < -0.4 is 5.32 Å². The van der Waals surface area contributed by atoms with E-state index in [1.165, 1.54) is 0 Å². The van der Waals surface area contributed by atoms with Gasteiger partial charge in [-0.15, -0.1) is 0 Å². The van der Waals surface area contributed by atoms with Crippen LogP contribution in [0.15, 0.2) is 0 Å². The van der Waals surface area contributed by atoms with E-state index in [2.05, 4.69) is 44.8 Å². The second-order valence-corrected chi connectivity index (χ2v) is 5.39. The molecule has 0 fully saturated rings. The molecule has 0 aliphatic heterocycles. The van der Waals surface area contributed by atoms with Crippen molar-refractivity contribution in [3.8, 4) is 0 Å². The van der Waals surface area contributed by atoms with Gasteiger partial charge in [-0.05, 0) is 38.4 Å². The Morgan fingerprint density at radius 1 is 1.12 bits per heavy atom. The predicted octanol–water partition coefficient (Wildman–Crippen LogP) is 2.22. The summed E-state index contributed by atoms with van der Waals surface area (Å²) in [7, 11) is 1.77. The summed E-state index contributed by atoms with van der Waals surface area (Å²) >= 11 is 0. The molecular weight excluding hydrogens is 212 g/mol. The zero-order valence-electron chi connectivity index (χ0n) is 12.6. The number of nitrogens with one attached hydrogen (secondary N) is 1. The predicted molar refractivity (Wildman–Crippen MR) is 75.5 cm³/mol. The lowest BCUT2D eigenvalue weighted by atomic mass is 10.0. The van der Waals surface area contributed by atoms with Gasteiger partial charge in [0.15, 0.2) is 0 Å². The Balaban J connectivity index is 3.93. The zero-order valence-corrected chi connectivity index (χ0v) is 12.6. The molecule has 2 atom stereocenters. The van der Waals surface area contributed by atoms with Crippen molar-refractivity contribution in [3.63, 3.8) is 0 Å². The van der Waals surface area contributed by atoms with Gasteiger partial charge in [-0.1, -0.05) is 27.7 Å². The molecule has 0 heterocycles. The van der Waals surface area contributed by atoms with Crippen LogP contribution in [0.3, 0.4) is 0 Å². The lowest BCUT2D eigenvalue weighted by molar-refractivity contribution is 0.108. The van der Waals surface area contributed by atoms with Crippen molar-refractivity contribution < 1.29 is 4.74 Å². The van der Waals surface area contributed by atoms with Crippen molar-refractivity contribution in [1.29, 1.82) is 0 Å². The smallest absolute Gasteiger partial charge is 0.0589 e. The molecule has 1 N–H and O–H groups in total. The monoisotopic (exact) mass is 244 g/mol. The SMILES string of the molecule is CCN(CCOC)C(C)C(C)CNCC(C)C. The minimum atomic E-state index is 0.606. The number of nitrogens with zero attached hydrogens (tertiary/aromatic N) is 1. The number of rotatable bonds is 10. The topological polar surface area (TPSA) is 24.5 Å². The third kappa shape index (κ3) is 7.74. The summed E-state index contributed by atoms with van der Waals surface area (Å²) in [5, 5.41) is 3.54. The fourth-order valence-electron chi connectivity index (χ4n) is 1.99. The van der Waals surface area contributed by atoms with Gasteiger partial charge < -0.3 is 10.1 Å². The fraction of sp³-hybridized carbons (Fsp3) is 1.00. The minimum absolute atomic E-state index is 0.606. The summed E-state index contributed by atoms with van der Waals surface area (Å²) < 4.78 is 5.16. The van der Waals surface area contributed by atoms with Crippen molar-refractivity contribution >= 4 is 0 Å². The molecule has 0 saturated heterocycles. The van der Waals surface area contributed by atoms with E-state index in [9.17, 15) is 0 Å². The van der Waals surface area contributed by atoms with E-state index in [0.29, 0.717) is 12.0 Å². The lowest BCUT2D eigenvalue weighted by Crippen LogP contribution is -2.43. The lowest BCUT2D eigenvalue weighted by Gasteiger charge is -2.32. The van der Waals surface area contributed by atoms with Gasteiger partial charge >= 0.3 is 0 Å². The highest BCUT2D eigenvalue weighted by Gasteiger charge is 2.18. The molecule has 3 heteroatoms. The van der Waals surface area contributed by atoms with Crippen LogP contribution in [0.2, 0.25) is 0 Å². The number of likely N-dealkylation sites (N-methyl/N-ethyl adjacent to an activating group) is 1. The van der Waals surface area contributed by atoms with Crippen LogP contribution in [0.4, 0.5) is 0 Å². The van der Waals surface area contributed by atoms with Crippen molar-refractivity contribution in [2.45, 2.75) is 40.7 Å². The van der Waals surface area contributed by atoms with Crippen LogP contribution >= 0.6 is 0 Å². The highest BCUT2D eigenvalue weighted by molar-refractivity contribution is 4.74. The van der Waals surface area contributed by atoms with Crippen LogP contribution in [0.1, 0.15) is 34.6 Å². The first-order valence-electron chi connectivity index (χ1n) is 6.96. The van der Waals surface area contributed by atoms with Crippen LogP contribution in [-0.2, 0) is 4.74 Å². The molecule has 0 saturated carbocycles. The van der Waals surface area contributed by atoms with E-state index < -0.39 is 0 Å². The van der Waals surface area contributed by atoms with Crippen LogP contribution in [0, 0.1) is 11.8 Å². The van der Waals surface area contributed by atoms with Crippen LogP contribution in [-0.4, -0.2) is 50.8 Å². The Bertz CT molecular complexity index is 174. The standard InChI is InChI=1S/C14H32N2O/c1-7-16(8-9-17-6)14(5)13(4)11-15-10-12(2)3/h12-15H,7-11H2,1-6H3. The maximum Gasteiger partial charge on any atom is 0.0589 e. The molecule has 0 aliphatic carbocycles. The molecule has 0 amide bonds. The third-order valence-electron chi connectivity index (χ3n) is 3.41. The van der Waals surface area contributed by atoms with Crippen LogP contribution in [0.5, 0.6) is 0 Å². The molecule has 0 radical (unpaired) electrons. The van der Waals surface area contributed by atoms with Crippen molar-refractivity contribution in [3.05, 3.63) is 0 Å². The first-order valence-corrected chi connectivity index (χ1v) is 6.96. The molecule has 17 heavy (non-hydrogen) atoms. The third-order valence-corrected chi connectivity index (χ3v) is 3.41. The first-order chi connectivity index (χ1) is 8.02. The average molecular weight is 244 g/mol. The van der Waals surface area contributed by atoms with Crippen molar-refractivity contribution in [2.75, 3.05) is 39.9 Å². The molecule has 0 aromatic heterocycles. The quantitative estimate of drug-likeness (QED) is 0.638. The molecule has 3 nitrogen and oxygen atoms in total. The maximum absolute atomic E-state index is 5.16. The van der Waals surface area contributed by atoms with Gasteiger partial charge in [0.2, 0.25) is 0 Å². The first kappa shape index (κ1) is 16.9. The Kier molecular flexibility index (Phi) is 9.79. The zero-order chi connectivity index (χ0) is 13.3. The Morgan fingerprint density at radius 3 is 2.24 bits per heavy atom. The summed E-state index contributed by atoms with van der Waals surface area (Å²) in [5.74, 6) is 1.40. The van der Waals surface area contributed by atoms with Gasteiger partial charge in [0, 0.05) is 19.7 Å². The summed E-state index contributed by atoms with van der Waals surface area (Å²) in [6.45, 7) is 16.5. The molecule has 0 rings (SSSR count). The van der Waals surface area contributed by atoms with E-state index in [1.54, 1.807) is 7.11 Å². The van der Waals surface area contributed by atoms with Crippen molar-refractivity contribution in [2.24, 2.45) is 11.8 Å². The normalized spacial score (nSPS) is 15.5. The van der Waals surface area contributed by atoms with E-state index in [4.69, 9.17) is 4.74 Å². The Morgan fingerprint density at radius 2 is 1.76 bits per heavy atom. The van der Waals surface area contributed by atoms with Gasteiger partial charge in [0.1, 0.15) is 0 Å². The molecule has 0 spiro atoms. The second kappa shape index (κ2) is 9.86. The second-order valence-electron chi connectivity index (χ2n) is 5.39. The molecular formula is C14H32N2O. The highest BCUT2D eigenvalue weighted by Crippen LogP contribution is 2.10. The fourth-order valence-corrected chi connectivity index (χ4v) is 1.99. The molecule has 104 valence electrons. The van der Waals surface area contributed by atoms with Gasteiger partial charge in [0.25, 0.3) is 0 Å². The van der Waals surface area contributed by atoms with E-state index in [0.717, 1.165) is 38.7 Å². The average Bonchev–Trinajstić information content (AvgIpc) is 2.29. The molecule has 0 aromatic carbocycles. The summed E-state index contributed by atoms with van der Waals surface area (Å²) in [5.41, 5.74) is 0. The van der Waals surface area contributed by atoms with Crippen LogP contribution in [0.25, 0.3) is 0 Å². The van der Waals surface area contributed by atoms with Gasteiger partial charge in [0.05, 0.1) is 6.61 Å². The largest absolute Gasteiger partial charge is 0.383 e. The van der Waals surface area contributed by atoms with E-state index in [-0.39, 0.29) is 0 Å². The highest BCUT2D eigenvalue weighted by atomic mass is 16.5. The summed E-state index contributed by atoms with van der Waals surface area (Å²) in [4.78, 5) is 2.49. The molecule has 2 unspecified atom stereocenters. The molecule has 0 aromatic rings. The number of hydrogen-bond donors (Lipinski definition) is 1. The van der Waals surface area contributed by atoms with E-state index in [1.807, 2.05) is 0 Å². The number of hydrogen-bond acceptors (Lipinski definition) is 3. The summed E-state index contributed by atoms with van der Waals surface area (Å²) in [6.07, 6.45) is 0. The van der Waals surface area contributed by atoms with Gasteiger partial charge in [-0.3, -0.25) is 4.90 Å². The Labute approximate surface area is 108 Å². The minimum Gasteiger partial charge on any atom is -0.383 e. The summed E-state index contributed by atoms with van der Waals surface area (Å²) in [6, 6.07) is 0.606. The number of ether oxygens (including phenoxy) is 1. The number of methoxy groups -OCH3 is 1. The molecule has 0 bridgehead atoms. The Hall–Kier alpha value is -0.120. The maximum atomic E-state index is 5.16. The van der Waals surface area contributed by atoms with E-state index >= 15 is 0 Å². The molecule has 0 aliphatic rings. The van der Waals surface area contributed by atoms with Crippen molar-refractivity contribution in [1.82, 2.24) is 10.2 Å². The van der Waals surface area contributed by atoms with Gasteiger partial charge in [-0.2, -0.15) is 0 Å². The van der Waals surface area contributed by atoms with Gasteiger partial charge in [-0.25, -0.2) is 0 Å².